The van der Waals surface area contributed by atoms with Gasteiger partial charge in [-0.1, -0.05) is 53.7 Å². The molecule has 240 valence electrons. The summed E-state index contributed by atoms with van der Waals surface area (Å²) >= 11 is 8.19. The van der Waals surface area contributed by atoms with Crippen molar-refractivity contribution in [3.05, 3.63) is 76.9 Å². The number of aliphatic hydroxyl groups is 1. The summed E-state index contributed by atoms with van der Waals surface area (Å²) in [6, 6.07) is 13.5. The quantitative estimate of drug-likeness (QED) is 0.304. The minimum absolute atomic E-state index is 0.0207. The number of aromatic hydroxyl groups is 1. The van der Waals surface area contributed by atoms with Crippen LogP contribution >= 0.6 is 35.1 Å². The Kier molecular flexibility index (Phi) is 8.46. The molecule has 0 bridgehead atoms. The summed E-state index contributed by atoms with van der Waals surface area (Å²) in [5.74, 6) is -2.14. The lowest BCUT2D eigenvalue weighted by atomic mass is 9.45. The van der Waals surface area contributed by atoms with Crippen molar-refractivity contribution in [1.29, 1.82) is 5.26 Å². The number of alkyl halides is 1. The molecule has 6 rings (SSSR count). The summed E-state index contributed by atoms with van der Waals surface area (Å²) in [6.45, 7) is 3.54. The van der Waals surface area contributed by atoms with Crippen LogP contribution in [0.15, 0.2) is 76.1 Å². The van der Waals surface area contributed by atoms with E-state index < -0.39 is 51.1 Å². The molecule has 4 aliphatic rings. The number of carbonyl (C=O) groups excluding carboxylic acids is 3. The second-order valence-electron chi connectivity index (χ2n) is 13.0. The number of nitriles is 1. The van der Waals surface area contributed by atoms with E-state index in [-0.39, 0.29) is 40.7 Å². The zero-order valence-electron chi connectivity index (χ0n) is 25.3. The molecular formula is C35H33ClFNO6S2. The number of esters is 1. The third-order valence-corrected chi connectivity index (χ3v) is 13.0. The Morgan fingerprint density at radius 2 is 1.85 bits per heavy atom. The van der Waals surface area contributed by atoms with E-state index in [9.17, 15) is 29.9 Å². The second-order valence-corrected chi connectivity index (χ2v) is 15.5. The molecule has 3 fully saturated rings. The first-order chi connectivity index (χ1) is 21.8. The number of allylic oxidation sites excluding steroid dienone is 4. The number of carbonyl (C=O) groups is 3. The predicted octanol–water partition coefficient (Wildman–Crippen LogP) is 7.25. The third kappa shape index (κ3) is 4.93. The molecule has 4 aliphatic carbocycles. The number of phenols is 1. The largest absolute Gasteiger partial charge is 0.506 e. The van der Waals surface area contributed by atoms with Gasteiger partial charge in [0.15, 0.2) is 17.1 Å². The molecule has 0 saturated heterocycles. The van der Waals surface area contributed by atoms with Crippen molar-refractivity contribution in [2.45, 2.75) is 73.1 Å². The van der Waals surface area contributed by atoms with Crippen molar-refractivity contribution in [1.82, 2.24) is 0 Å². The number of aliphatic hydroxyl groups excluding tert-OH is 1. The highest BCUT2D eigenvalue weighted by Crippen LogP contribution is 2.70. The normalized spacial score (nSPS) is 34.5. The Labute approximate surface area is 280 Å². The van der Waals surface area contributed by atoms with Crippen molar-refractivity contribution in [3.8, 4) is 11.8 Å². The van der Waals surface area contributed by atoms with Gasteiger partial charge in [0, 0.05) is 26.5 Å². The smallest absolute Gasteiger partial charge is 0.339 e. The molecule has 7 nitrogen and oxygen atoms in total. The van der Waals surface area contributed by atoms with Gasteiger partial charge in [-0.3, -0.25) is 9.59 Å². The van der Waals surface area contributed by atoms with Gasteiger partial charge >= 0.3 is 5.97 Å². The number of ketones is 1. The van der Waals surface area contributed by atoms with Crippen LogP contribution in [0, 0.1) is 34.0 Å². The average molecular weight is 682 g/mol. The number of benzene rings is 2. The Morgan fingerprint density at radius 1 is 1.13 bits per heavy atom. The Hall–Kier alpha value is -3.10. The first kappa shape index (κ1) is 32.8. The van der Waals surface area contributed by atoms with Crippen LogP contribution in [-0.4, -0.2) is 50.2 Å². The third-order valence-electron chi connectivity index (χ3n) is 10.9. The van der Waals surface area contributed by atoms with Gasteiger partial charge in [0.2, 0.25) is 5.12 Å². The molecule has 2 aromatic rings. The van der Waals surface area contributed by atoms with E-state index in [2.05, 4.69) is 0 Å². The van der Waals surface area contributed by atoms with Crippen LogP contribution in [-0.2, 0) is 14.3 Å². The summed E-state index contributed by atoms with van der Waals surface area (Å²) < 4.78 is 23.8. The number of hydrogen-bond acceptors (Lipinski definition) is 9. The second kappa shape index (κ2) is 11.9. The van der Waals surface area contributed by atoms with Gasteiger partial charge in [0.1, 0.15) is 5.75 Å². The van der Waals surface area contributed by atoms with E-state index in [1.165, 1.54) is 30.0 Å². The SMILES string of the molecule is C[C@]12C=CC(=O)C=C1CC[C@H]1[C@@H]3CC[C@](OC(=O)c4ccc(Sc5ccc(O)c(Cl)c5)cc4)(C(=O)SCC#N)[C@@]3(C)C[C@H](O)[C@@]12F. The van der Waals surface area contributed by atoms with Gasteiger partial charge in [-0.05, 0) is 99.6 Å². The van der Waals surface area contributed by atoms with Crippen LogP contribution in [0.3, 0.4) is 0 Å². The van der Waals surface area contributed by atoms with Gasteiger partial charge < -0.3 is 14.9 Å². The fraction of sp³-hybridized carbons (Fsp3) is 0.429. The number of halogens is 2. The molecule has 0 radical (unpaired) electrons. The van der Waals surface area contributed by atoms with Crippen LogP contribution in [0.2, 0.25) is 5.02 Å². The Morgan fingerprint density at radius 3 is 2.54 bits per heavy atom. The summed E-state index contributed by atoms with van der Waals surface area (Å²) in [4.78, 5) is 41.5. The zero-order valence-corrected chi connectivity index (χ0v) is 27.7. The van der Waals surface area contributed by atoms with Gasteiger partial charge in [0.05, 0.1) is 28.5 Å². The molecule has 0 aliphatic heterocycles. The number of nitrogens with zero attached hydrogens (tertiary/aromatic N) is 1. The van der Waals surface area contributed by atoms with Crippen LogP contribution in [0.1, 0.15) is 56.3 Å². The molecule has 0 amide bonds. The fourth-order valence-electron chi connectivity index (χ4n) is 8.52. The molecule has 11 heteroatoms. The lowest BCUT2D eigenvalue weighted by molar-refractivity contribution is -0.214. The summed E-state index contributed by atoms with van der Waals surface area (Å²) in [7, 11) is 0. The Bertz CT molecular complexity index is 1720. The number of thioether (sulfide) groups is 1. The van der Waals surface area contributed by atoms with E-state index in [4.69, 9.17) is 16.3 Å². The van der Waals surface area contributed by atoms with E-state index >= 15 is 4.39 Å². The summed E-state index contributed by atoms with van der Waals surface area (Å²) in [5, 5.41) is 30.4. The van der Waals surface area contributed by atoms with E-state index in [0.717, 1.165) is 21.6 Å². The molecular weight excluding hydrogens is 649 g/mol. The standard InChI is InChI=1S/C35H33ClFNO6S2/c1-32-13-11-22(39)17-21(32)5-9-26-25-12-14-34(31(43)45-16-15-38,33(25,2)19-29(41)35(26,32)37)44-30(42)20-3-6-23(7-4-20)46-24-8-10-28(40)27(36)18-24/h3-4,6-8,10-11,13,17-18,25-26,29,40-41H,5,9,12,14,16,19H2,1-2H3/t25-,26-,29-,32-,33-,34-,35-/m0/s1. The molecule has 0 unspecified atom stereocenters. The van der Waals surface area contributed by atoms with Crippen molar-refractivity contribution < 1.29 is 33.7 Å². The minimum Gasteiger partial charge on any atom is -0.506 e. The van der Waals surface area contributed by atoms with Crippen LogP contribution in [0.5, 0.6) is 5.75 Å². The van der Waals surface area contributed by atoms with E-state index in [1.54, 1.807) is 49.4 Å². The van der Waals surface area contributed by atoms with Gasteiger partial charge in [-0.25, -0.2) is 9.18 Å². The number of fused-ring (bicyclic) bond motifs is 5. The maximum atomic E-state index is 17.6. The molecule has 0 spiro atoms. The average Bonchev–Trinajstić information content (AvgIpc) is 3.31. The molecule has 0 aromatic heterocycles. The Balaban J connectivity index is 1.31. The van der Waals surface area contributed by atoms with Crippen LogP contribution in [0.4, 0.5) is 4.39 Å². The van der Waals surface area contributed by atoms with Crippen molar-refractivity contribution in [3.63, 3.8) is 0 Å². The highest BCUT2D eigenvalue weighted by molar-refractivity contribution is 8.14. The first-order valence-corrected chi connectivity index (χ1v) is 17.3. The highest BCUT2D eigenvalue weighted by atomic mass is 35.5. The highest BCUT2D eigenvalue weighted by Gasteiger charge is 2.75. The van der Waals surface area contributed by atoms with Crippen molar-refractivity contribution in [2.24, 2.45) is 22.7 Å². The lowest BCUT2D eigenvalue weighted by Gasteiger charge is -2.62. The molecule has 7 atom stereocenters. The van der Waals surface area contributed by atoms with E-state index in [0.29, 0.717) is 24.8 Å². The topological polar surface area (TPSA) is 125 Å². The lowest BCUT2D eigenvalue weighted by Crippen LogP contribution is -2.69. The monoisotopic (exact) mass is 681 g/mol. The molecule has 3 saturated carbocycles. The maximum absolute atomic E-state index is 17.6. The van der Waals surface area contributed by atoms with Gasteiger partial charge in [-0.2, -0.15) is 5.26 Å². The number of phenolic OH excluding ortho intramolecular Hbond substituents is 1. The van der Waals surface area contributed by atoms with Crippen molar-refractivity contribution in [2.75, 3.05) is 5.75 Å². The summed E-state index contributed by atoms with van der Waals surface area (Å²) in [5.41, 5.74) is -5.20. The molecule has 0 heterocycles. The van der Waals surface area contributed by atoms with E-state index in [1.807, 2.05) is 13.0 Å². The van der Waals surface area contributed by atoms with Gasteiger partial charge in [0.25, 0.3) is 0 Å². The fourth-order valence-corrected chi connectivity index (χ4v) is 10.4. The van der Waals surface area contributed by atoms with Gasteiger partial charge in [-0.15, -0.1) is 0 Å². The maximum Gasteiger partial charge on any atom is 0.339 e. The molecule has 2 N–H and O–H groups in total. The number of hydrogen-bond donors (Lipinski definition) is 2. The predicted molar refractivity (Wildman–Crippen MR) is 173 cm³/mol. The van der Waals surface area contributed by atoms with Crippen LogP contribution < -0.4 is 0 Å². The number of rotatable bonds is 6. The zero-order chi connectivity index (χ0) is 33.1. The molecule has 46 heavy (non-hydrogen) atoms. The van der Waals surface area contributed by atoms with Crippen molar-refractivity contribution >= 4 is 52.0 Å². The van der Waals surface area contributed by atoms with Crippen LogP contribution in [0.25, 0.3) is 0 Å². The minimum atomic E-state index is -2.09. The molecule has 2 aromatic carbocycles. The summed E-state index contributed by atoms with van der Waals surface area (Å²) in [6.07, 6.45) is 4.18. The first-order valence-electron chi connectivity index (χ1n) is 15.1. The number of ether oxygens (including phenoxy) is 1.